The van der Waals surface area contributed by atoms with E-state index in [4.69, 9.17) is 29.0 Å². The summed E-state index contributed by atoms with van der Waals surface area (Å²) in [6, 6.07) is 4.95. The van der Waals surface area contributed by atoms with Gasteiger partial charge >= 0.3 is 0 Å². The molecule has 1 aromatic carbocycles. The molecule has 1 rings (SSSR count). The number of nitrogens with zero attached hydrogens (tertiary/aromatic N) is 1. The lowest BCUT2D eigenvalue weighted by molar-refractivity contribution is -0.118. The number of carbonyl (C=O) groups excluding carboxylic acids is 1. The van der Waals surface area contributed by atoms with Crippen molar-refractivity contribution in [3.8, 4) is 0 Å². The molecule has 0 unspecified atom stereocenters. The van der Waals surface area contributed by atoms with Crippen LogP contribution in [0.25, 0.3) is 0 Å². The van der Waals surface area contributed by atoms with Crippen molar-refractivity contribution in [3.63, 3.8) is 0 Å². The van der Waals surface area contributed by atoms with Crippen molar-refractivity contribution in [2.45, 2.75) is 13.3 Å². The first-order valence-corrected chi connectivity index (χ1v) is 4.85. The molecule has 0 saturated carbocycles. The number of rotatable bonds is 2. The van der Waals surface area contributed by atoms with Crippen molar-refractivity contribution in [1.82, 2.24) is 0 Å². The van der Waals surface area contributed by atoms with Crippen LogP contribution in [-0.2, 0) is 4.79 Å². The lowest BCUT2D eigenvalue weighted by Gasteiger charge is -2.18. The van der Waals surface area contributed by atoms with E-state index in [2.05, 4.69) is 0 Å². The summed E-state index contributed by atoms with van der Waals surface area (Å²) in [5.41, 5.74) is 0.350. The summed E-state index contributed by atoms with van der Waals surface area (Å²) in [7, 11) is 0. The predicted octanol–water partition coefficient (Wildman–Crippen LogP) is 2.61. The van der Waals surface area contributed by atoms with E-state index in [1.54, 1.807) is 25.1 Å². The Kier molecular flexibility index (Phi) is 3.75. The third-order valence-electron chi connectivity index (χ3n) is 1.75. The van der Waals surface area contributed by atoms with Crippen LogP contribution in [0.2, 0.25) is 10.0 Å². The number of halogens is 2. The molecule has 5 heteroatoms. The highest BCUT2D eigenvalue weighted by molar-refractivity contribution is 6.39. The Hall–Kier alpha value is -0.770. The fourth-order valence-electron chi connectivity index (χ4n) is 1.01. The van der Waals surface area contributed by atoms with E-state index in [1.165, 1.54) is 0 Å². The highest BCUT2D eigenvalue weighted by Crippen LogP contribution is 2.32. The summed E-state index contributed by atoms with van der Waals surface area (Å²) in [6.45, 7) is 1.72. The molecule has 1 aromatic rings. The Morgan fingerprint density at radius 2 is 1.93 bits per heavy atom. The lowest BCUT2D eigenvalue weighted by Crippen LogP contribution is -2.37. The van der Waals surface area contributed by atoms with Gasteiger partial charge in [-0.05, 0) is 12.1 Å². The summed E-state index contributed by atoms with van der Waals surface area (Å²) in [5.74, 6) is 5.33. The van der Waals surface area contributed by atoms with Crippen molar-refractivity contribution in [2.75, 3.05) is 5.01 Å². The smallest absolute Gasteiger partial charge is 0.240 e. The van der Waals surface area contributed by atoms with Gasteiger partial charge < -0.3 is 0 Å². The predicted molar refractivity (Wildman–Crippen MR) is 58.4 cm³/mol. The number of para-hydroxylation sites is 1. The van der Waals surface area contributed by atoms with Crippen molar-refractivity contribution < 1.29 is 4.79 Å². The Bertz CT molecular complexity index is 334. The largest absolute Gasteiger partial charge is 0.273 e. The molecule has 1 amide bonds. The molecule has 0 aliphatic carbocycles. The standard InChI is InChI=1S/C9H10Cl2N2O/c1-2-8(14)13(12)9-6(10)4-3-5-7(9)11/h3-5H,2,12H2,1H3. The normalized spacial score (nSPS) is 10.0. The number of anilines is 1. The number of hydrazine groups is 1. The van der Waals surface area contributed by atoms with E-state index in [9.17, 15) is 4.79 Å². The van der Waals surface area contributed by atoms with Gasteiger partial charge in [-0.2, -0.15) is 0 Å². The molecule has 0 spiro atoms. The van der Waals surface area contributed by atoms with E-state index in [0.717, 1.165) is 5.01 Å². The summed E-state index contributed by atoms with van der Waals surface area (Å²) in [4.78, 5) is 11.3. The fraction of sp³-hybridized carbons (Fsp3) is 0.222. The molecule has 2 N–H and O–H groups in total. The zero-order chi connectivity index (χ0) is 10.7. The molecule has 0 fully saturated rings. The topological polar surface area (TPSA) is 46.3 Å². The number of carbonyl (C=O) groups is 1. The Balaban J connectivity index is 3.11. The van der Waals surface area contributed by atoms with E-state index >= 15 is 0 Å². The van der Waals surface area contributed by atoms with Gasteiger partial charge in [0.1, 0.15) is 0 Å². The van der Waals surface area contributed by atoms with Crippen LogP contribution in [0.5, 0.6) is 0 Å². The minimum atomic E-state index is -0.236. The second-order valence-corrected chi connectivity index (χ2v) is 3.50. The van der Waals surface area contributed by atoms with Crippen LogP contribution in [0.3, 0.4) is 0 Å². The highest BCUT2D eigenvalue weighted by Gasteiger charge is 2.15. The number of hydrogen-bond acceptors (Lipinski definition) is 2. The maximum absolute atomic E-state index is 11.3. The van der Waals surface area contributed by atoms with Gasteiger partial charge in [-0.1, -0.05) is 36.2 Å². The quantitative estimate of drug-likeness (QED) is 0.484. The van der Waals surface area contributed by atoms with Gasteiger partial charge in [0, 0.05) is 6.42 Å². The molecule has 0 aromatic heterocycles. The minimum Gasteiger partial charge on any atom is -0.273 e. The molecule has 76 valence electrons. The summed E-state index contributed by atoms with van der Waals surface area (Å²) in [6.07, 6.45) is 0.304. The average molecular weight is 233 g/mol. The first-order chi connectivity index (χ1) is 6.57. The van der Waals surface area contributed by atoms with E-state index in [1.807, 2.05) is 0 Å². The third kappa shape index (κ3) is 2.18. The monoisotopic (exact) mass is 232 g/mol. The number of benzene rings is 1. The SMILES string of the molecule is CCC(=O)N(N)c1c(Cl)cccc1Cl. The maximum atomic E-state index is 11.3. The first-order valence-electron chi connectivity index (χ1n) is 4.09. The molecule has 14 heavy (non-hydrogen) atoms. The molecule has 0 atom stereocenters. The van der Waals surface area contributed by atoms with E-state index in [0.29, 0.717) is 22.2 Å². The van der Waals surface area contributed by atoms with Crippen LogP contribution in [0.4, 0.5) is 5.69 Å². The molecule has 0 aliphatic heterocycles. The minimum absolute atomic E-state index is 0.236. The molecule has 0 saturated heterocycles. The average Bonchev–Trinajstić information content (AvgIpc) is 2.16. The number of nitrogens with two attached hydrogens (primary N) is 1. The number of hydrogen-bond donors (Lipinski definition) is 1. The second kappa shape index (κ2) is 4.64. The second-order valence-electron chi connectivity index (χ2n) is 2.69. The molecular weight excluding hydrogens is 223 g/mol. The van der Waals surface area contributed by atoms with Gasteiger partial charge in [-0.15, -0.1) is 0 Å². The maximum Gasteiger partial charge on any atom is 0.240 e. The Labute approximate surface area is 92.4 Å². The lowest BCUT2D eigenvalue weighted by atomic mass is 10.3. The van der Waals surface area contributed by atoms with Gasteiger partial charge in [0.15, 0.2) is 0 Å². The summed E-state index contributed by atoms with van der Waals surface area (Å²) >= 11 is 11.7. The van der Waals surface area contributed by atoms with Crippen molar-refractivity contribution in [1.29, 1.82) is 0 Å². The van der Waals surface area contributed by atoms with Gasteiger partial charge in [0.2, 0.25) is 5.91 Å². The van der Waals surface area contributed by atoms with Crippen LogP contribution in [0.1, 0.15) is 13.3 Å². The fourth-order valence-corrected chi connectivity index (χ4v) is 1.59. The molecule has 3 nitrogen and oxygen atoms in total. The van der Waals surface area contributed by atoms with Crippen LogP contribution in [-0.4, -0.2) is 5.91 Å². The molecule has 0 aliphatic rings. The van der Waals surface area contributed by atoms with Gasteiger partial charge in [-0.3, -0.25) is 4.79 Å². The Morgan fingerprint density at radius 3 is 2.36 bits per heavy atom. The molecular formula is C9H10Cl2N2O. The first kappa shape index (κ1) is 11.3. The summed E-state index contributed by atoms with van der Waals surface area (Å²) in [5, 5.41) is 1.70. The van der Waals surface area contributed by atoms with Crippen LogP contribution in [0.15, 0.2) is 18.2 Å². The molecule has 0 bridgehead atoms. The summed E-state index contributed by atoms with van der Waals surface area (Å²) < 4.78 is 0. The van der Waals surface area contributed by atoms with Crippen LogP contribution in [0, 0.1) is 0 Å². The van der Waals surface area contributed by atoms with Crippen LogP contribution >= 0.6 is 23.2 Å². The van der Waals surface area contributed by atoms with Crippen molar-refractivity contribution >= 4 is 34.8 Å². The van der Waals surface area contributed by atoms with Gasteiger partial charge in [0.05, 0.1) is 15.7 Å². The van der Waals surface area contributed by atoms with Crippen LogP contribution < -0.4 is 10.9 Å². The number of amides is 1. The van der Waals surface area contributed by atoms with Gasteiger partial charge in [-0.25, -0.2) is 10.9 Å². The zero-order valence-corrected chi connectivity index (χ0v) is 9.14. The molecule has 0 radical (unpaired) electrons. The van der Waals surface area contributed by atoms with E-state index in [-0.39, 0.29) is 5.91 Å². The van der Waals surface area contributed by atoms with Crippen molar-refractivity contribution in [2.24, 2.45) is 5.84 Å². The highest BCUT2D eigenvalue weighted by atomic mass is 35.5. The van der Waals surface area contributed by atoms with Crippen molar-refractivity contribution in [3.05, 3.63) is 28.2 Å². The zero-order valence-electron chi connectivity index (χ0n) is 7.63. The Morgan fingerprint density at radius 1 is 1.43 bits per heavy atom. The third-order valence-corrected chi connectivity index (χ3v) is 2.36. The van der Waals surface area contributed by atoms with E-state index < -0.39 is 0 Å². The van der Waals surface area contributed by atoms with Gasteiger partial charge in [0.25, 0.3) is 0 Å². The molecule has 0 heterocycles.